The molecule has 0 aliphatic carbocycles. The van der Waals surface area contributed by atoms with Crippen molar-refractivity contribution in [1.29, 1.82) is 0 Å². The maximum absolute atomic E-state index is 13.6. The molecule has 0 bridgehead atoms. The van der Waals surface area contributed by atoms with Crippen LogP contribution in [-0.2, 0) is 21.4 Å². The smallest absolute Gasteiger partial charge is 0.333 e. The van der Waals surface area contributed by atoms with Crippen LogP contribution in [0.1, 0.15) is 36.4 Å². The molecule has 0 saturated carbocycles. The van der Waals surface area contributed by atoms with Gasteiger partial charge in [0, 0.05) is 61.5 Å². The van der Waals surface area contributed by atoms with Crippen molar-refractivity contribution in [2.24, 2.45) is 5.92 Å². The number of likely N-dealkylation sites (tertiary alicyclic amines) is 1. The van der Waals surface area contributed by atoms with Crippen molar-refractivity contribution in [3.8, 4) is 33.6 Å². The number of rotatable bonds is 11. The summed E-state index contributed by atoms with van der Waals surface area (Å²) in [6.07, 6.45) is 7.28. The third kappa shape index (κ3) is 8.55. The Morgan fingerprint density at radius 1 is 0.870 bits per heavy atom. The van der Waals surface area contributed by atoms with E-state index in [1.54, 1.807) is 47.4 Å². The lowest BCUT2D eigenvalue weighted by Crippen LogP contribution is -2.27. The molecule has 280 valence electrons. The first kappa shape index (κ1) is 37.0. The maximum Gasteiger partial charge on any atom is 0.333 e. The minimum atomic E-state index is -3.46. The van der Waals surface area contributed by atoms with Gasteiger partial charge in [0.2, 0.25) is 15.9 Å². The summed E-state index contributed by atoms with van der Waals surface area (Å²) < 4.78 is 81.1. The van der Waals surface area contributed by atoms with Crippen molar-refractivity contribution in [2.45, 2.75) is 31.9 Å². The van der Waals surface area contributed by atoms with Crippen molar-refractivity contribution in [2.75, 3.05) is 37.3 Å². The van der Waals surface area contributed by atoms with Crippen molar-refractivity contribution < 1.29 is 30.8 Å². The average Bonchev–Trinajstić information content (AvgIpc) is 3.95. The van der Waals surface area contributed by atoms with Gasteiger partial charge in [-0.1, -0.05) is 36.4 Å². The number of nitrogens with zero attached hydrogens (tertiary/aromatic N) is 5. The second-order valence-corrected chi connectivity index (χ2v) is 15.5. The van der Waals surface area contributed by atoms with Gasteiger partial charge in [-0.15, -0.1) is 0 Å². The highest BCUT2D eigenvalue weighted by Gasteiger charge is 2.30. The van der Waals surface area contributed by atoms with E-state index in [1.165, 1.54) is 30.5 Å². The largest absolute Gasteiger partial charge is 0.356 e. The van der Waals surface area contributed by atoms with Gasteiger partial charge in [-0.05, 0) is 96.1 Å². The fourth-order valence-corrected chi connectivity index (χ4v) is 7.52. The van der Waals surface area contributed by atoms with Crippen LogP contribution in [-0.4, -0.2) is 66.4 Å². The molecule has 0 spiro atoms. The summed E-state index contributed by atoms with van der Waals surface area (Å²) in [5, 5.41) is 4.13. The van der Waals surface area contributed by atoms with Crippen molar-refractivity contribution in [3.05, 3.63) is 126 Å². The van der Waals surface area contributed by atoms with Gasteiger partial charge >= 0.3 is 6.55 Å². The molecule has 1 amide bonds. The quantitative estimate of drug-likeness (QED) is 0.111. The van der Waals surface area contributed by atoms with Gasteiger partial charge in [-0.25, -0.2) is 31.6 Å². The molecule has 1 N–H and O–H groups in total. The number of pyridine rings is 1. The average molecular weight is 759 g/mol. The van der Waals surface area contributed by atoms with Crippen LogP contribution >= 0.6 is 0 Å². The number of aromatic nitrogens is 3. The molecule has 2 aromatic heterocycles. The molecule has 2 aliphatic heterocycles. The fourth-order valence-electron chi connectivity index (χ4n) is 7.10. The lowest BCUT2D eigenvalue weighted by molar-refractivity contribution is -0.125. The Kier molecular flexibility index (Phi) is 10.7. The number of hydrogen-bond acceptors (Lipinski definition) is 6. The van der Waals surface area contributed by atoms with Crippen molar-refractivity contribution in [3.63, 3.8) is 0 Å². The predicted molar refractivity (Wildman–Crippen MR) is 199 cm³/mol. The first-order chi connectivity index (χ1) is 25.9. The van der Waals surface area contributed by atoms with Crippen LogP contribution in [0.15, 0.2) is 103 Å². The summed E-state index contributed by atoms with van der Waals surface area (Å²) in [5.41, 5.74) is 5.57. The summed E-state index contributed by atoms with van der Waals surface area (Å²) in [5.74, 6) is -0.246. The van der Waals surface area contributed by atoms with Crippen LogP contribution in [0.5, 0.6) is 0 Å². The molecular weight excluding hydrogens is 721 g/mol. The fraction of sp³-hybridized carbons (Fsp3) is 0.275. The normalized spacial score (nSPS) is 17.7. The van der Waals surface area contributed by atoms with Crippen LogP contribution in [0, 0.1) is 17.6 Å². The molecule has 2 fully saturated rings. The van der Waals surface area contributed by atoms with E-state index in [1.807, 2.05) is 30.3 Å². The Bertz CT molecular complexity index is 2280. The molecule has 14 heteroatoms. The Morgan fingerprint density at radius 2 is 1.57 bits per heavy atom. The monoisotopic (exact) mass is 758 g/mol. The number of benzene rings is 3. The van der Waals surface area contributed by atoms with Crippen LogP contribution in [0.25, 0.3) is 33.6 Å². The highest BCUT2D eigenvalue weighted by Crippen LogP contribution is 2.38. The van der Waals surface area contributed by atoms with Gasteiger partial charge in [-0.3, -0.25) is 4.79 Å². The zero-order valence-corrected chi connectivity index (χ0v) is 30.2. The third-order valence-electron chi connectivity index (χ3n) is 9.91. The van der Waals surface area contributed by atoms with E-state index in [0.29, 0.717) is 65.6 Å². The van der Waals surface area contributed by atoms with Gasteiger partial charge in [-0.2, -0.15) is 13.9 Å². The minimum absolute atomic E-state index is 0.0369. The van der Waals surface area contributed by atoms with Gasteiger partial charge in [0.15, 0.2) is 0 Å². The number of carbonyl (C=O) groups excluding carboxylic acids is 1. The molecular formula is C40H38F4N6O3S. The maximum atomic E-state index is 13.6. The molecule has 54 heavy (non-hydrogen) atoms. The van der Waals surface area contributed by atoms with E-state index in [2.05, 4.69) is 14.7 Å². The summed E-state index contributed by atoms with van der Waals surface area (Å²) in [6.45, 7) is -0.573. The van der Waals surface area contributed by atoms with Gasteiger partial charge < -0.3 is 9.80 Å². The van der Waals surface area contributed by atoms with Crippen LogP contribution in [0.3, 0.4) is 0 Å². The van der Waals surface area contributed by atoms with E-state index >= 15 is 0 Å². The van der Waals surface area contributed by atoms with Crippen LogP contribution in [0.2, 0.25) is 0 Å². The van der Waals surface area contributed by atoms with Gasteiger partial charge in [0.05, 0.1) is 17.6 Å². The Labute approximate surface area is 311 Å². The summed E-state index contributed by atoms with van der Waals surface area (Å²) in [4.78, 5) is 22.2. The second-order valence-electron chi connectivity index (χ2n) is 13.7. The zero-order chi connectivity index (χ0) is 38.0. The highest BCUT2D eigenvalue weighted by molar-refractivity contribution is 7.88. The lowest BCUT2D eigenvalue weighted by Gasteiger charge is -2.22. The molecule has 2 saturated heterocycles. The number of nitrogens with one attached hydrogen (secondary N) is 1. The molecule has 9 nitrogen and oxygen atoms in total. The standard InChI is InChI=1S/C40H38F4N6O3S/c1-54(52,53)45-23-30-8-14-36(28-5-11-33(42)12-6-28)46-39(30)49-19-16-26(24-49)2-15-38(51)48-20-17-31(25-48)34-13-7-29(27-3-9-32(41)10-4-27)22-35(34)37-18-21-50(47-37)40(43)44/h2-15,18,21-22,26,31,40,45H,16-17,19-20,23-25H2,1H3/b15-2+/t26?,31-/m1/s1. The third-order valence-corrected chi connectivity index (χ3v) is 10.6. The molecule has 0 radical (unpaired) electrons. The molecule has 2 aliphatic rings. The number of amides is 1. The first-order valence-corrected chi connectivity index (χ1v) is 19.5. The number of sulfonamides is 1. The van der Waals surface area contributed by atoms with Crippen LogP contribution < -0.4 is 9.62 Å². The summed E-state index contributed by atoms with van der Waals surface area (Å²) in [6, 6.07) is 23.0. The summed E-state index contributed by atoms with van der Waals surface area (Å²) >= 11 is 0. The van der Waals surface area contributed by atoms with E-state index in [9.17, 15) is 30.8 Å². The molecule has 2 atom stereocenters. The number of hydrogen-bond donors (Lipinski definition) is 1. The highest BCUT2D eigenvalue weighted by atomic mass is 32.2. The van der Waals surface area contributed by atoms with Gasteiger partial charge in [0.1, 0.15) is 17.5 Å². The van der Waals surface area contributed by atoms with Crippen molar-refractivity contribution >= 4 is 21.7 Å². The molecule has 1 unspecified atom stereocenters. The van der Waals surface area contributed by atoms with Crippen LogP contribution in [0.4, 0.5) is 23.4 Å². The number of halogens is 4. The van der Waals surface area contributed by atoms with E-state index < -0.39 is 16.6 Å². The second kappa shape index (κ2) is 15.6. The Balaban J connectivity index is 1.05. The number of anilines is 1. The topological polar surface area (TPSA) is 100 Å². The Hall–Kier alpha value is -5.34. The molecule has 4 heterocycles. The Morgan fingerprint density at radius 3 is 2.26 bits per heavy atom. The molecule has 7 rings (SSSR count). The van der Waals surface area contributed by atoms with Crippen molar-refractivity contribution in [1.82, 2.24) is 24.4 Å². The molecule has 3 aromatic carbocycles. The molecule has 5 aromatic rings. The predicted octanol–water partition coefficient (Wildman–Crippen LogP) is 7.40. The number of alkyl halides is 2. The zero-order valence-electron chi connectivity index (χ0n) is 29.4. The lowest BCUT2D eigenvalue weighted by atomic mass is 9.89. The van der Waals surface area contributed by atoms with E-state index in [4.69, 9.17) is 4.98 Å². The minimum Gasteiger partial charge on any atom is -0.356 e. The number of carbonyl (C=O) groups is 1. The van der Waals surface area contributed by atoms with E-state index in [0.717, 1.165) is 34.9 Å². The first-order valence-electron chi connectivity index (χ1n) is 17.6. The summed E-state index contributed by atoms with van der Waals surface area (Å²) in [7, 11) is -3.46. The van der Waals surface area contributed by atoms with E-state index in [-0.39, 0.29) is 35.9 Å². The SMILES string of the molecule is CS(=O)(=O)NCc1ccc(-c2ccc(F)cc2)nc1N1CCC(/C=C/C(=O)N2CC[C@@H](c3ccc(-c4ccc(F)cc4)cc3-c3ccn(C(F)F)n3)C2)C1. The van der Waals surface area contributed by atoms with Gasteiger partial charge in [0.25, 0.3) is 0 Å².